The molecule has 0 aliphatic carbocycles. The predicted octanol–water partition coefficient (Wildman–Crippen LogP) is 4.55. The van der Waals surface area contributed by atoms with E-state index in [0.717, 1.165) is 0 Å². The molecule has 0 nitrogen and oxygen atoms in total. The summed E-state index contributed by atoms with van der Waals surface area (Å²) in [5, 5.41) is 0. The van der Waals surface area contributed by atoms with Crippen LogP contribution >= 0.6 is 0 Å². The minimum absolute atomic E-state index is 0.0703. The molecular formula is C20H26F6ISb. The second-order valence-corrected chi connectivity index (χ2v) is 17.1. The fourth-order valence-electron chi connectivity index (χ4n) is 2.15. The molecule has 2 rings (SSSR count). The molecule has 0 radical (unpaired) electrons. The number of hydrogen-bond donors (Lipinski definition) is 0. The van der Waals surface area contributed by atoms with Crippen LogP contribution in [0.1, 0.15) is 52.7 Å². The molecule has 2 aromatic carbocycles. The van der Waals surface area contributed by atoms with Gasteiger partial charge in [-0.1, -0.05) is 65.8 Å². The van der Waals surface area contributed by atoms with Gasteiger partial charge in [0.05, 0.1) is 0 Å². The van der Waals surface area contributed by atoms with Gasteiger partial charge in [-0.2, -0.15) is 0 Å². The van der Waals surface area contributed by atoms with E-state index in [4.69, 9.17) is 0 Å². The monoisotopic (exact) mass is 628 g/mol. The summed E-state index contributed by atoms with van der Waals surface area (Å²) >= 11 is -11.3. The molecule has 0 bridgehead atoms. The molecule has 0 heterocycles. The minimum atomic E-state index is -11.2. The summed E-state index contributed by atoms with van der Waals surface area (Å²) in [5.74, 6) is 0. The van der Waals surface area contributed by atoms with E-state index in [1.165, 1.54) is 18.3 Å². The Morgan fingerprint density at radius 3 is 0.929 bits per heavy atom. The van der Waals surface area contributed by atoms with Gasteiger partial charge in [0.25, 0.3) is 0 Å². The van der Waals surface area contributed by atoms with E-state index in [2.05, 4.69) is 90.1 Å². The molecule has 28 heavy (non-hydrogen) atoms. The molecule has 0 aromatic heterocycles. The Kier molecular flexibility index (Phi) is 7.02. The molecule has 8 heteroatoms. The van der Waals surface area contributed by atoms with Crippen LogP contribution in [0.3, 0.4) is 0 Å². The molecule has 0 fully saturated rings. The topological polar surface area (TPSA) is 0 Å². The molecule has 0 aliphatic rings. The van der Waals surface area contributed by atoms with Gasteiger partial charge in [-0.05, 0) is 46.2 Å². The van der Waals surface area contributed by atoms with E-state index in [1.807, 2.05) is 0 Å². The van der Waals surface area contributed by atoms with Crippen molar-refractivity contribution >= 4 is 19.5 Å². The molecule has 0 spiro atoms. The zero-order valence-electron chi connectivity index (χ0n) is 16.7. The first kappa shape index (κ1) is 25.6. The van der Waals surface area contributed by atoms with Gasteiger partial charge in [-0.25, -0.2) is 0 Å². The molecule has 160 valence electrons. The molecule has 0 saturated heterocycles. The summed E-state index contributed by atoms with van der Waals surface area (Å²) < 4.78 is 62.5. The van der Waals surface area contributed by atoms with Gasteiger partial charge in [0.15, 0.2) is 7.14 Å². The van der Waals surface area contributed by atoms with Crippen LogP contribution in [0.4, 0.5) is 16.9 Å². The third-order valence-corrected chi connectivity index (χ3v) is 6.32. The van der Waals surface area contributed by atoms with Crippen molar-refractivity contribution in [1.82, 2.24) is 0 Å². The second kappa shape index (κ2) is 7.68. The van der Waals surface area contributed by atoms with Crippen molar-refractivity contribution in [3.8, 4) is 0 Å². The van der Waals surface area contributed by atoms with Crippen molar-refractivity contribution in [2.45, 2.75) is 52.4 Å². The van der Waals surface area contributed by atoms with E-state index in [-0.39, 0.29) is 32.0 Å². The molecule has 0 aliphatic heterocycles. The fraction of sp³-hybridized carbons (Fsp3) is 0.400. The van der Waals surface area contributed by atoms with Gasteiger partial charge < -0.3 is 0 Å². The zero-order valence-corrected chi connectivity index (χ0v) is 21.4. The van der Waals surface area contributed by atoms with E-state index >= 15 is 0 Å². The van der Waals surface area contributed by atoms with Gasteiger partial charge in [0.2, 0.25) is 0 Å². The summed E-state index contributed by atoms with van der Waals surface area (Å²) in [6.07, 6.45) is 0. The molecule has 0 amide bonds. The van der Waals surface area contributed by atoms with Crippen LogP contribution in [-0.4, -0.2) is 19.5 Å². The first-order valence-electron chi connectivity index (χ1n) is 8.53. The average Bonchev–Trinajstić information content (AvgIpc) is 2.43. The fourth-order valence-corrected chi connectivity index (χ4v) is 4.31. The first-order valence-corrected chi connectivity index (χ1v) is 16.5. The van der Waals surface area contributed by atoms with Gasteiger partial charge in [0.1, 0.15) is 0 Å². The van der Waals surface area contributed by atoms with Crippen LogP contribution in [0.15, 0.2) is 48.5 Å². The van der Waals surface area contributed by atoms with E-state index in [0.29, 0.717) is 0 Å². The van der Waals surface area contributed by atoms with Crippen LogP contribution in [0, 0.1) is 7.14 Å². The van der Waals surface area contributed by atoms with Crippen LogP contribution < -0.4 is 21.2 Å². The summed E-state index contributed by atoms with van der Waals surface area (Å²) in [7, 11) is 0. The van der Waals surface area contributed by atoms with Crippen LogP contribution in [0.2, 0.25) is 0 Å². The third kappa shape index (κ3) is 12.2. The van der Waals surface area contributed by atoms with Crippen molar-refractivity contribution in [3.63, 3.8) is 0 Å². The van der Waals surface area contributed by atoms with Gasteiger partial charge in [-0.3, -0.25) is 0 Å². The second-order valence-electron chi connectivity index (χ2n) is 8.57. The summed E-state index contributed by atoms with van der Waals surface area (Å²) in [6, 6.07) is 18.4. The Bertz CT molecular complexity index is 714. The Morgan fingerprint density at radius 1 is 0.536 bits per heavy atom. The standard InChI is InChI=1S/C20H26I.6FH.Sb/c1-19(2,3)15-7-11-17(12-8-15)21-18-13-9-16(10-14-18)20(4,5)6;;;;;;;/h7-14H,1-6H3;6*1H;/q+1;;;;;;;+5/p-6. The summed E-state index contributed by atoms with van der Waals surface area (Å²) in [4.78, 5) is 0. The normalized spacial score (nSPS) is 15.1. The molecular weight excluding hydrogens is 603 g/mol. The number of benzene rings is 2. The Hall–Kier alpha value is -0.432. The van der Waals surface area contributed by atoms with E-state index in [1.54, 1.807) is 0 Å². The zero-order chi connectivity index (χ0) is 22.1. The Morgan fingerprint density at radius 2 is 0.750 bits per heavy atom. The summed E-state index contributed by atoms with van der Waals surface area (Å²) in [6.45, 7) is 13.6. The average molecular weight is 629 g/mol. The number of halogens is 7. The van der Waals surface area contributed by atoms with Gasteiger partial charge in [-0.15, -0.1) is 0 Å². The summed E-state index contributed by atoms with van der Waals surface area (Å²) in [5.41, 5.74) is 3.31. The Labute approximate surface area is 175 Å². The van der Waals surface area contributed by atoms with E-state index in [9.17, 15) is 16.9 Å². The van der Waals surface area contributed by atoms with Crippen molar-refractivity contribution in [1.29, 1.82) is 0 Å². The van der Waals surface area contributed by atoms with Crippen molar-refractivity contribution in [2.75, 3.05) is 0 Å². The first-order chi connectivity index (χ1) is 12.1. The van der Waals surface area contributed by atoms with Gasteiger partial charge in [0, 0.05) is 0 Å². The molecule has 0 N–H and O–H groups in total. The maximum atomic E-state index is 9.93. The molecule has 0 atom stereocenters. The Balaban J connectivity index is 0.000000480. The van der Waals surface area contributed by atoms with Crippen LogP contribution in [-0.2, 0) is 10.8 Å². The van der Waals surface area contributed by atoms with E-state index < -0.39 is 19.5 Å². The molecule has 2 aromatic rings. The van der Waals surface area contributed by atoms with Gasteiger partial charge >= 0.3 is 57.6 Å². The van der Waals surface area contributed by atoms with Crippen LogP contribution in [0.25, 0.3) is 0 Å². The number of rotatable bonds is 2. The maximum absolute atomic E-state index is 11.2. The van der Waals surface area contributed by atoms with Crippen molar-refractivity contribution in [3.05, 3.63) is 66.8 Å². The molecule has 0 saturated carbocycles. The predicted molar refractivity (Wildman–Crippen MR) is 100 cm³/mol. The quantitative estimate of drug-likeness (QED) is 0.260. The number of hydrogen-bond acceptors (Lipinski definition) is 0. The SMILES string of the molecule is CC(C)(C)c1ccc([I+]c2ccc(C(C)(C)C)cc2)cc1.[F][Sb-]([F])([F])([F])([F])[F]. The van der Waals surface area contributed by atoms with Crippen LogP contribution in [0.5, 0.6) is 0 Å². The molecule has 0 unspecified atom stereocenters. The van der Waals surface area contributed by atoms with Crippen molar-refractivity contribution < 1.29 is 38.1 Å². The third-order valence-electron chi connectivity index (χ3n) is 3.64. The van der Waals surface area contributed by atoms with Crippen molar-refractivity contribution in [2.24, 2.45) is 0 Å².